The van der Waals surface area contributed by atoms with Crippen molar-refractivity contribution in [2.24, 2.45) is 0 Å². The quantitative estimate of drug-likeness (QED) is 0.346. The first kappa shape index (κ1) is 20.6. The third-order valence-corrected chi connectivity index (χ3v) is 5.17. The third kappa shape index (κ3) is 4.36. The van der Waals surface area contributed by atoms with Crippen LogP contribution in [-0.4, -0.2) is 38.1 Å². The average molecular weight is 441 g/mol. The van der Waals surface area contributed by atoms with Crippen LogP contribution in [0, 0.1) is 0 Å². The lowest BCUT2D eigenvalue weighted by Crippen LogP contribution is -2.34. The largest absolute Gasteiger partial charge is 0.484 e. The minimum Gasteiger partial charge on any atom is -0.484 e. The van der Waals surface area contributed by atoms with Crippen molar-refractivity contribution in [1.82, 2.24) is 24.9 Å². The summed E-state index contributed by atoms with van der Waals surface area (Å²) in [6.45, 7) is 3.80. The van der Waals surface area contributed by atoms with Gasteiger partial charge < -0.3 is 15.4 Å². The number of rotatable bonds is 7. The zero-order valence-electron chi connectivity index (χ0n) is 18.4. The summed E-state index contributed by atoms with van der Waals surface area (Å²) in [5.74, 6) is 1.17. The van der Waals surface area contributed by atoms with Gasteiger partial charge in [0.15, 0.2) is 6.61 Å². The topological polar surface area (TPSA) is 96.3 Å². The van der Waals surface area contributed by atoms with Crippen molar-refractivity contribution >= 4 is 34.0 Å². The van der Waals surface area contributed by atoms with Gasteiger partial charge in [-0.3, -0.25) is 14.3 Å². The number of aromatic amines is 1. The Balaban J connectivity index is 1.45. The molecule has 1 amide bonds. The van der Waals surface area contributed by atoms with Crippen molar-refractivity contribution in [2.75, 3.05) is 11.9 Å². The molecule has 8 nitrogen and oxygen atoms in total. The van der Waals surface area contributed by atoms with Gasteiger partial charge in [-0.15, -0.1) is 0 Å². The van der Waals surface area contributed by atoms with Crippen LogP contribution in [0.5, 0.6) is 5.75 Å². The van der Waals surface area contributed by atoms with Gasteiger partial charge in [-0.25, -0.2) is 4.98 Å². The van der Waals surface area contributed by atoms with E-state index < -0.39 is 0 Å². The van der Waals surface area contributed by atoms with Gasteiger partial charge in [-0.2, -0.15) is 5.10 Å². The van der Waals surface area contributed by atoms with E-state index in [9.17, 15) is 4.79 Å². The van der Waals surface area contributed by atoms with Crippen LogP contribution in [0.15, 0.2) is 73.1 Å². The smallest absolute Gasteiger partial charge is 0.258 e. The Hall–Kier alpha value is -4.33. The molecule has 0 aliphatic carbocycles. The van der Waals surface area contributed by atoms with Gasteiger partial charge in [0.05, 0.1) is 22.9 Å². The third-order valence-electron chi connectivity index (χ3n) is 5.17. The Morgan fingerprint density at radius 3 is 2.91 bits per heavy atom. The van der Waals surface area contributed by atoms with Crippen LogP contribution >= 0.6 is 0 Å². The molecule has 2 aromatic carbocycles. The molecule has 0 aliphatic heterocycles. The molecule has 0 saturated heterocycles. The lowest BCUT2D eigenvalue weighted by atomic mass is 10.1. The maximum absolute atomic E-state index is 11.9. The van der Waals surface area contributed by atoms with E-state index in [2.05, 4.69) is 20.8 Å². The van der Waals surface area contributed by atoms with Crippen LogP contribution in [0.1, 0.15) is 13.8 Å². The van der Waals surface area contributed by atoms with Gasteiger partial charge in [0.25, 0.3) is 5.91 Å². The van der Waals surface area contributed by atoms with Crippen LogP contribution in [0.4, 0.5) is 11.6 Å². The van der Waals surface area contributed by atoms with Crippen molar-refractivity contribution in [3.63, 3.8) is 0 Å². The molecule has 3 aromatic heterocycles. The fraction of sp³-hybridized carbons (Fsp3) is 0.160. The number of hydrogen-bond acceptors (Lipinski definition) is 5. The van der Waals surface area contributed by atoms with Crippen molar-refractivity contribution in [3.8, 4) is 17.0 Å². The molecule has 5 rings (SSSR count). The number of amides is 1. The molecule has 0 saturated carbocycles. The summed E-state index contributed by atoms with van der Waals surface area (Å²) in [6.07, 6.45) is 3.77. The number of pyridine rings is 1. The monoisotopic (exact) mass is 440 g/mol. The number of H-pyrrole nitrogens is 1. The standard InChI is InChI=1S/C25H24N6O2/c1-16(2)27-23(32)15-33-20-7-5-6-17(13-20)24-22-8-3-4-11-31(22)25(29-24)28-19-9-10-21-18(12-19)14-26-30-21/h3-14,16H,15H2,1-2H3,(H,26,30)(H,27,32)(H,28,29). The van der Waals surface area contributed by atoms with Crippen LogP contribution in [-0.2, 0) is 4.79 Å². The first-order valence-corrected chi connectivity index (χ1v) is 10.8. The molecule has 0 bridgehead atoms. The number of nitrogens with zero attached hydrogens (tertiary/aromatic N) is 3. The van der Waals surface area contributed by atoms with Gasteiger partial charge in [0, 0.05) is 28.9 Å². The van der Waals surface area contributed by atoms with Gasteiger partial charge in [-0.05, 0) is 56.3 Å². The number of aromatic nitrogens is 4. The number of imidazole rings is 1. The van der Waals surface area contributed by atoms with Gasteiger partial charge in [-0.1, -0.05) is 18.2 Å². The van der Waals surface area contributed by atoms with E-state index >= 15 is 0 Å². The van der Waals surface area contributed by atoms with Crippen LogP contribution < -0.4 is 15.4 Å². The minimum atomic E-state index is -0.149. The zero-order chi connectivity index (χ0) is 22.8. The summed E-state index contributed by atoms with van der Waals surface area (Å²) in [5.41, 5.74) is 4.57. The molecule has 8 heteroatoms. The molecule has 0 atom stereocenters. The molecule has 0 aliphatic rings. The molecule has 3 heterocycles. The number of carbonyl (C=O) groups excluding carboxylic acids is 1. The van der Waals surface area contributed by atoms with Gasteiger partial charge in [0.1, 0.15) is 5.75 Å². The second kappa shape index (κ2) is 8.66. The van der Waals surface area contributed by atoms with Crippen LogP contribution in [0.2, 0.25) is 0 Å². The number of anilines is 2. The SMILES string of the molecule is CC(C)NC(=O)COc1cccc(-c2nc(Nc3ccc4[nH]ncc4c3)n3ccccc23)c1. The van der Waals surface area contributed by atoms with E-state index in [-0.39, 0.29) is 18.6 Å². The lowest BCUT2D eigenvalue weighted by molar-refractivity contribution is -0.123. The molecule has 5 aromatic rings. The van der Waals surface area contributed by atoms with E-state index in [1.165, 1.54) is 0 Å². The molecule has 33 heavy (non-hydrogen) atoms. The summed E-state index contributed by atoms with van der Waals surface area (Å²) in [5, 5.41) is 14.3. The predicted octanol–water partition coefficient (Wildman–Crippen LogP) is 4.52. The maximum Gasteiger partial charge on any atom is 0.258 e. The van der Waals surface area contributed by atoms with Crippen molar-refractivity contribution in [3.05, 3.63) is 73.1 Å². The fourth-order valence-corrected chi connectivity index (χ4v) is 3.73. The zero-order valence-corrected chi connectivity index (χ0v) is 18.4. The van der Waals surface area contributed by atoms with E-state index in [0.29, 0.717) is 11.7 Å². The number of fused-ring (bicyclic) bond motifs is 2. The van der Waals surface area contributed by atoms with E-state index in [0.717, 1.165) is 33.4 Å². The number of benzene rings is 2. The number of hydrogen-bond donors (Lipinski definition) is 3. The van der Waals surface area contributed by atoms with Crippen molar-refractivity contribution in [2.45, 2.75) is 19.9 Å². The molecule has 3 N–H and O–H groups in total. The first-order chi connectivity index (χ1) is 16.1. The fourth-order valence-electron chi connectivity index (χ4n) is 3.73. The highest BCUT2D eigenvalue weighted by molar-refractivity contribution is 5.84. The normalized spacial score (nSPS) is 11.2. The highest BCUT2D eigenvalue weighted by atomic mass is 16.5. The van der Waals surface area contributed by atoms with E-state index in [1.807, 2.05) is 85.1 Å². The van der Waals surface area contributed by atoms with Crippen molar-refractivity contribution < 1.29 is 9.53 Å². The number of carbonyl (C=O) groups is 1. The summed E-state index contributed by atoms with van der Waals surface area (Å²) in [4.78, 5) is 16.8. The number of nitrogens with one attached hydrogen (secondary N) is 3. The highest BCUT2D eigenvalue weighted by Gasteiger charge is 2.14. The molecular formula is C25H24N6O2. The second-order valence-electron chi connectivity index (χ2n) is 8.08. The van der Waals surface area contributed by atoms with Gasteiger partial charge in [0.2, 0.25) is 5.95 Å². The highest BCUT2D eigenvalue weighted by Crippen LogP contribution is 2.31. The minimum absolute atomic E-state index is 0.0329. The van der Waals surface area contributed by atoms with Crippen molar-refractivity contribution in [1.29, 1.82) is 0 Å². The molecule has 0 radical (unpaired) electrons. The molecular weight excluding hydrogens is 416 g/mol. The molecule has 0 spiro atoms. The Bertz CT molecular complexity index is 1440. The molecule has 166 valence electrons. The summed E-state index contributed by atoms with van der Waals surface area (Å²) < 4.78 is 7.72. The Kier molecular flexibility index (Phi) is 5.40. The Morgan fingerprint density at radius 2 is 2.03 bits per heavy atom. The van der Waals surface area contributed by atoms with Gasteiger partial charge >= 0.3 is 0 Å². The predicted molar refractivity (Wildman–Crippen MR) is 129 cm³/mol. The Labute approximate surface area is 190 Å². The molecule has 0 unspecified atom stereocenters. The number of ether oxygens (including phenoxy) is 1. The van der Waals surface area contributed by atoms with E-state index in [1.54, 1.807) is 6.20 Å². The maximum atomic E-state index is 11.9. The summed E-state index contributed by atoms with van der Waals surface area (Å²) in [6, 6.07) is 19.7. The second-order valence-corrected chi connectivity index (χ2v) is 8.08. The Morgan fingerprint density at radius 1 is 1.12 bits per heavy atom. The average Bonchev–Trinajstić information content (AvgIpc) is 3.42. The lowest BCUT2D eigenvalue weighted by Gasteiger charge is -2.10. The summed E-state index contributed by atoms with van der Waals surface area (Å²) in [7, 11) is 0. The summed E-state index contributed by atoms with van der Waals surface area (Å²) >= 11 is 0. The van der Waals surface area contributed by atoms with Crippen LogP contribution in [0.25, 0.3) is 27.7 Å². The van der Waals surface area contributed by atoms with Crippen LogP contribution in [0.3, 0.4) is 0 Å². The molecule has 0 fully saturated rings. The van der Waals surface area contributed by atoms with E-state index in [4.69, 9.17) is 9.72 Å². The first-order valence-electron chi connectivity index (χ1n) is 10.8.